The topological polar surface area (TPSA) is 72.5 Å². The number of nitrogens with one attached hydrogen (secondary N) is 1. The zero-order chi connectivity index (χ0) is 13.0. The Morgan fingerprint density at radius 1 is 1.44 bits per heavy atom. The van der Waals surface area contributed by atoms with Crippen LogP contribution in [0.1, 0.15) is 37.8 Å². The summed E-state index contributed by atoms with van der Waals surface area (Å²) in [5.41, 5.74) is 7.29. The number of aromatic amines is 1. The summed E-state index contributed by atoms with van der Waals surface area (Å²) in [5, 5.41) is 0. The van der Waals surface area contributed by atoms with E-state index in [4.69, 9.17) is 5.73 Å². The first-order chi connectivity index (χ1) is 8.68. The van der Waals surface area contributed by atoms with Crippen LogP contribution in [0.15, 0.2) is 24.9 Å². The molecule has 3 N–H and O–H groups in total. The van der Waals surface area contributed by atoms with Crippen molar-refractivity contribution in [1.82, 2.24) is 19.5 Å². The lowest BCUT2D eigenvalue weighted by Crippen LogP contribution is -2.20. The van der Waals surface area contributed by atoms with Gasteiger partial charge in [0.15, 0.2) is 0 Å². The fourth-order valence-electron chi connectivity index (χ4n) is 1.99. The molecule has 0 aromatic carbocycles. The lowest BCUT2D eigenvalue weighted by Gasteiger charge is -2.17. The lowest BCUT2D eigenvalue weighted by molar-refractivity contribution is 0.472. The van der Waals surface area contributed by atoms with Crippen molar-refractivity contribution < 1.29 is 0 Å². The van der Waals surface area contributed by atoms with Crippen LogP contribution in [0.4, 0.5) is 0 Å². The monoisotopic (exact) mass is 247 g/mol. The van der Waals surface area contributed by atoms with Crippen molar-refractivity contribution in [3.8, 4) is 0 Å². The average molecular weight is 247 g/mol. The SMILES string of the molecule is CC(C)C(N)c1cncn1CCCc1ncc[nH]1. The maximum absolute atomic E-state index is 6.17. The van der Waals surface area contributed by atoms with Gasteiger partial charge in [0.1, 0.15) is 5.82 Å². The molecular formula is C13H21N5. The van der Waals surface area contributed by atoms with E-state index in [0.29, 0.717) is 5.92 Å². The molecule has 5 nitrogen and oxygen atoms in total. The molecule has 1 atom stereocenters. The van der Waals surface area contributed by atoms with Gasteiger partial charge < -0.3 is 15.3 Å². The standard InChI is InChI=1S/C13H21N5/c1-10(2)13(14)11-8-15-9-18(11)7-3-4-12-16-5-6-17-12/h5-6,8-10,13H,3-4,7,14H2,1-2H3,(H,16,17). The third-order valence-corrected chi connectivity index (χ3v) is 3.17. The smallest absolute Gasteiger partial charge is 0.106 e. The molecule has 0 aliphatic rings. The van der Waals surface area contributed by atoms with Crippen molar-refractivity contribution in [3.05, 3.63) is 36.4 Å². The second-order valence-corrected chi connectivity index (χ2v) is 4.92. The average Bonchev–Trinajstić information content (AvgIpc) is 2.98. The molecule has 0 aliphatic heterocycles. The Balaban J connectivity index is 1.91. The highest BCUT2D eigenvalue weighted by Gasteiger charge is 2.14. The van der Waals surface area contributed by atoms with Gasteiger partial charge in [0.05, 0.1) is 12.0 Å². The number of hydrogen-bond donors (Lipinski definition) is 2. The van der Waals surface area contributed by atoms with E-state index in [1.165, 1.54) is 0 Å². The van der Waals surface area contributed by atoms with Gasteiger partial charge >= 0.3 is 0 Å². The first-order valence-corrected chi connectivity index (χ1v) is 6.42. The molecule has 2 aromatic heterocycles. The van der Waals surface area contributed by atoms with Crippen LogP contribution in [0.5, 0.6) is 0 Å². The van der Waals surface area contributed by atoms with Gasteiger partial charge in [-0.2, -0.15) is 0 Å². The van der Waals surface area contributed by atoms with Crippen LogP contribution in [0.2, 0.25) is 0 Å². The number of imidazole rings is 2. The highest BCUT2D eigenvalue weighted by molar-refractivity contribution is 5.05. The van der Waals surface area contributed by atoms with Crippen LogP contribution in [-0.2, 0) is 13.0 Å². The van der Waals surface area contributed by atoms with Gasteiger partial charge in [-0.05, 0) is 12.3 Å². The van der Waals surface area contributed by atoms with E-state index in [2.05, 4.69) is 33.4 Å². The number of rotatable bonds is 6. The molecule has 0 bridgehead atoms. The lowest BCUT2D eigenvalue weighted by atomic mass is 10.0. The molecule has 0 saturated heterocycles. The Kier molecular flexibility index (Phi) is 4.15. The van der Waals surface area contributed by atoms with Gasteiger partial charge in [0.25, 0.3) is 0 Å². The van der Waals surface area contributed by atoms with Gasteiger partial charge in [-0.25, -0.2) is 9.97 Å². The van der Waals surface area contributed by atoms with Crippen molar-refractivity contribution in [2.75, 3.05) is 0 Å². The zero-order valence-corrected chi connectivity index (χ0v) is 11.0. The molecule has 18 heavy (non-hydrogen) atoms. The van der Waals surface area contributed by atoms with Crippen molar-refractivity contribution in [2.45, 2.75) is 39.3 Å². The number of aryl methyl sites for hydroxylation is 2. The van der Waals surface area contributed by atoms with Crippen molar-refractivity contribution in [3.63, 3.8) is 0 Å². The third-order valence-electron chi connectivity index (χ3n) is 3.17. The first kappa shape index (κ1) is 12.8. The van der Waals surface area contributed by atoms with Gasteiger partial charge in [-0.1, -0.05) is 13.8 Å². The Labute approximate surface area is 107 Å². The summed E-state index contributed by atoms with van der Waals surface area (Å²) in [6, 6.07) is 0.0520. The number of aromatic nitrogens is 4. The zero-order valence-electron chi connectivity index (χ0n) is 11.0. The highest BCUT2D eigenvalue weighted by Crippen LogP contribution is 2.18. The van der Waals surface area contributed by atoms with Crippen molar-refractivity contribution >= 4 is 0 Å². The van der Waals surface area contributed by atoms with E-state index in [9.17, 15) is 0 Å². The maximum atomic E-state index is 6.17. The van der Waals surface area contributed by atoms with Crippen LogP contribution in [0.25, 0.3) is 0 Å². The van der Waals surface area contributed by atoms with Crippen LogP contribution in [0.3, 0.4) is 0 Å². The second-order valence-electron chi connectivity index (χ2n) is 4.92. The molecule has 98 valence electrons. The van der Waals surface area contributed by atoms with Gasteiger partial charge in [0.2, 0.25) is 0 Å². The quantitative estimate of drug-likeness (QED) is 0.818. The van der Waals surface area contributed by atoms with Crippen LogP contribution < -0.4 is 5.73 Å². The van der Waals surface area contributed by atoms with E-state index < -0.39 is 0 Å². The van der Waals surface area contributed by atoms with Gasteiger partial charge in [-0.15, -0.1) is 0 Å². The van der Waals surface area contributed by atoms with Crippen LogP contribution in [-0.4, -0.2) is 19.5 Å². The normalized spacial score (nSPS) is 13.1. The maximum Gasteiger partial charge on any atom is 0.106 e. The van der Waals surface area contributed by atoms with E-state index in [-0.39, 0.29) is 6.04 Å². The number of H-pyrrole nitrogens is 1. The van der Waals surface area contributed by atoms with Gasteiger partial charge in [0, 0.05) is 37.6 Å². The summed E-state index contributed by atoms with van der Waals surface area (Å²) in [6.07, 6.45) is 9.35. The Morgan fingerprint density at radius 3 is 2.94 bits per heavy atom. The highest BCUT2D eigenvalue weighted by atomic mass is 15.1. The Hall–Kier alpha value is -1.62. The largest absolute Gasteiger partial charge is 0.349 e. The molecule has 1 unspecified atom stereocenters. The fourth-order valence-corrected chi connectivity index (χ4v) is 1.99. The molecule has 0 radical (unpaired) electrons. The van der Waals surface area contributed by atoms with Gasteiger partial charge in [-0.3, -0.25) is 0 Å². The third kappa shape index (κ3) is 2.98. The summed E-state index contributed by atoms with van der Waals surface area (Å²) in [6.45, 7) is 5.19. The van der Waals surface area contributed by atoms with E-state index in [1.807, 2.05) is 18.7 Å². The van der Waals surface area contributed by atoms with Crippen molar-refractivity contribution in [1.29, 1.82) is 0 Å². The molecular weight excluding hydrogens is 226 g/mol. The molecule has 0 fully saturated rings. The molecule has 2 aromatic rings. The first-order valence-electron chi connectivity index (χ1n) is 6.42. The Bertz CT molecular complexity index is 457. The van der Waals surface area contributed by atoms with E-state index in [0.717, 1.165) is 30.9 Å². The van der Waals surface area contributed by atoms with Crippen molar-refractivity contribution in [2.24, 2.45) is 11.7 Å². The van der Waals surface area contributed by atoms with E-state index in [1.54, 1.807) is 6.20 Å². The molecule has 0 amide bonds. The van der Waals surface area contributed by atoms with Crippen LogP contribution >= 0.6 is 0 Å². The fraction of sp³-hybridized carbons (Fsp3) is 0.538. The van der Waals surface area contributed by atoms with E-state index >= 15 is 0 Å². The summed E-state index contributed by atoms with van der Waals surface area (Å²) < 4.78 is 2.15. The minimum atomic E-state index is 0.0520. The predicted molar refractivity (Wildman–Crippen MR) is 70.9 cm³/mol. The molecule has 0 spiro atoms. The number of nitrogens with two attached hydrogens (primary N) is 1. The summed E-state index contributed by atoms with van der Waals surface area (Å²) in [5.74, 6) is 1.45. The molecule has 2 heterocycles. The molecule has 5 heteroatoms. The molecule has 0 aliphatic carbocycles. The number of nitrogens with zero attached hydrogens (tertiary/aromatic N) is 3. The Morgan fingerprint density at radius 2 is 2.28 bits per heavy atom. The summed E-state index contributed by atoms with van der Waals surface area (Å²) in [7, 11) is 0. The number of hydrogen-bond acceptors (Lipinski definition) is 3. The summed E-state index contributed by atoms with van der Waals surface area (Å²) in [4.78, 5) is 11.5. The van der Waals surface area contributed by atoms with Crippen LogP contribution in [0, 0.1) is 5.92 Å². The molecule has 2 rings (SSSR count). The minimum Gasteiger partial charge on any atom is -0.349 e. The summed E-state index contributed by atoms with van der Waals surface area (Å²) >= 11 is 0. The minimum absolute atomic E-state index is 0.0520. The molecule has 0 saturated carbocycles. The second kappa shape index (κ2) is 5.82. The predicted octanol–water partition coefficient (Wildman–Crippen LogP) is 1.89.